The second kappa shape index (κ2) is 16.0. The number of benzene rings is 3. The van der Waals surface area contributed by atoms with Crippen LogP contribution in [0, 0.1) is 0 Å². The van der Waals surface area contributed by atoms with Gasteiger partial charge in [0.25, 0.3) is 0 Å². The number of rotatable bonds is 16. The Kier molecular flexibility index (Phi) is 11.8. The monoisotopic (exact) mass is 546 g/mol. The fourth-order valence-electron chi connectivity index (χ4n) is 4.75. The molecule has 7 nitrogen and oxygen atoms in total. The van der Waals surface area contributed by atoms with Crippen molar-refractivity contribution in [2.45, 2.75) is 46.1 Å². The zero-order valence-corrected chi connectivity index (χ0v) is 24.2. The summed E-state index contributed by atoms with van der Waals surface area (Å²) < 4.78 is 18.1. The molecular weight excluding hydrogens is 500 g/mol. The molecule has 0 amide bonds. The minimum atomic E-state index is 0.670. The van der Waals surface area contributed by atoms with Crippen molar-refractivity contribution in [3.63, 3.8) is 0 Å². The van der Waals surface area contributed by atoms with Gasteiger partial charge in [0.2, 0.25) is 0 Å². The van der Waals surface area contributed by atoms with E-state index < -0.39 is 0 Å². The van der Waals surface area contributed by atoms with Crippen molar-refractivity contribution in [1.82, 2.24) is 10.2 Å². The molecule has 3 aromatic carbocycles. The Morgan fingerprint density at radius 3 is 2.30 bits per heavy atom. The van der Waals surface area contributed by atoms with E-state index in [9.17, 15) is 0 Å². The molecule has 1 saturated heterocycles. The second-order valence-corrected chi connectivity index (χ2v) is 10.4. The predicted octanol–water partition coefficient (Wildman–Crippen LogP) is 6.33. The Bertz CT molecular complexity index is 1150. The molecule has 3 aromatic rings. The molecule has 0 bridgehead atoms. The summed E-state index contributed by atoms with van der Waals surface area (Å²) in [6.07, 6.45) is 4.37. The summed E-state index contributed by atoms with van der Waals surface area (Å²) in [5.41, 5.74) is 9.44. The van der Waals surface area contributed by atoms with E-state index in [0.29, 0.717) is 6.61 Å². The lowest BCUT2D eigenvalue weighted by molar-refractivity contribution is 0.191. The topological polar surface area (TPSA) is 72.2 Å². The van der Waals surface area contributed by atoms with Crippen molar-refractivity contribution < 1.29 is 14.2 Å². The van der Waals surface area contributed by atoms with Gasteiger partial charge in [-0.2, -0.15) is 0 Å². The SMILES string of the molecule is CCCCOc1ccc(Oc2cccc(CN(CCCC)c3cc(OCCN4CCNCC4)ccc3N)c2)cc1. The lowest BCUT2D eigenvalue weighted by Crippen LogP contribution is -2.44. The summed E-state index contributed by atoms with van der Waals surface area (Å²) in [5, 5.41) is 3.40. The number of piperazine rings is 1. The summed E-state index contributed by atoms with van der Waals surface area (Å²) in [7, 11) is 0. The maximum absolute atomic E-state index is 6.50. The molecule has 1 aliphatic heterocycles. The van der Waals surface area contributed by atoms with E-state index in [-0.39, 0.29) is 0 Å². The van der Waals surface area contributed by atoms with Gasteiger partial charge in [0.15, 0.2) is 0 Å². The van der Waals surface area contributed by atoms with Gasteiger partial charge in [-0.05, 0) is 66.9 Å². The first-order chi connectivity index (χ1) is 19.6. The highest BCUT2D eigenvalue weighted by Crippen LogP contribution is 2.31. The fourth-order valence-corrected chi connectivity index (χ4v) is 4.75. The summed E-state index contributed by atoms with van der Waals surface area (Å²) in [5.74, 6) is 3.33. The third-order valence-electron chi connectivity index (χ3n) is 7.11. The molecule has 216 valence electrons. The number of nitrogens with one attached hydrogen (secondary N) is 1. The lowest BCUT2D eigenvalue weighted by Gasteiger charge is -2.28. The van der Waals surface area contributed by atoms with Crippen LogP contribution in [0.2, 0.25) is 0 Å². The summed E-state index contributed by atoms with van der Waals surface area (Å²) in [6, 6.07) is 22.1. The summed E-state index contributed by atoms with van der Waals surface area (Å²) in [4.78, 5) is 4.79. The number of hydrogen-bond acceptors (Lipinski definition) is 7. The van der Waals surface area contributed by atoms with E-state index in [0.717, 1.165) is 118 Å². The van der Waals surface area contributed by atoms with Crippen molar-refractivity contribution in [3.05, 3.63) is 72.3 Å². The quantitative estimate of drug-likeness (QED) is 0.161. The van der Waals surface area contributed by atoms with E-state index in [1.807, 2.05) is 48.5 Å². The van der Waals surface area contributed by atoms with Crippen LogP contribution < -0.4 is 30.2 Å². The summed E-state index contributed by atoms with van der Waals surface area (Å²) >= 11 is 0. The molecule has 0 radical (unpaired) electrons. The van der Waals surface area contributed by atoms with Crippen LogP contribution in [0.5, 0.6) is 23.0 Å². The van der Waals surface area contributed by atoms with E-state index in [4.69, 9.17) is 19.9 Å². The number of unbranched alkanes of at least 4 members (excludes halogenated alkanes) is 2. The molecule has 0 spiro atoms. The zero-order valence-electron chi connectivity index (χ0n) is 24.2. The highest BCUT2D eigenvalue weighted by molar-refractivity contribution is 5.69. The summed E-state index contributed by atoms with van der Waals surface area (Å²) in [6.45, 7) is 12.6. The number of anilines is 2. The van der Waals surface area contributed by atoms with Gasteiger partial charge in [-0.1, -0.05) is 38.8 Å². The van der Waals surface area contributed by atoms with E-state index >= 15 is 0 Å². The van der Waals surface area contributed by atoms with Gasteiger partial charge in [-0.15, -0.1) is 0 Å². The van der Waals surface area contributed by atoms with Crippen molar-refractivity contribution in [2.24, 2.45) is 0 Å². The Hall–Kier alpha value is -3.42. The Balaban J connectivity index is 1.40. The molecule has 1 aliphatic rings. The maximum Gasteiger partial charge on any atom is 0.127 e. The highest BCUT2D eigenvalue weighted by atomic mass is 16.5. The molecule has 7 heteroatoms. The fraction of sp³-hybridized carbons (Fsp3) is 0.455. The molecule has 0 aromatic heterocycles. The molecule has 3 N–H and O–H groups in total. The third-order valence-corrected chi connectivity index (χ3v) is 7.11. The van der Waals surface area contributed by atoms with Crippen LogP contribution in [0.1, 0.15) is 45.1 Å². The van der Waals surface area contributed by atoms with Crippen LogP contribution in [-0.4, -0.2) is 57.4 Å². The van der Waals surface area contributed by atoms with Gasteiger partial charge in [0, 0.05) is 51.9 Å². The Labute approximate surface area is 240 Å². The van der Waals surface area contributed by atoms with Crippen LogP contribution in [0.4, 0.5) is 11.4 Å². The molecule has 0 aliphatic carbocycles. The van der Waals surface area contributed by atoms with Gasteiger partial charge in [0.05, 0.1) is 18.0 Å². The van der Waals surface area contributed by atoms with Gasteiger partial charge < -0.3 is 30.2 Å². The zero-order chi connectivity index (χ0) is 28.0. The molecule has 1 fully saturated rings. The third kappa shape index (κ3) is 9.35. The van der Waals surface area contributed by atoms with Crippen LogP contribution in [0.25, 0.3) is 0 Å². The minimum absolute atomic E-state index is 0.670. The second-order valence-electron chi connectivity index (χ2n) is 10.4. The normalized spacial score (nSPS) is 13.7. The lowest BCUT2D eigenvalue weighted by atomic mass is 10.1. The Morgan fingerprint density at radius 2 is 1.52 bits per heavy atom. The Morgan fingerprint density at radius 1 is 0.800 bits per heavy atom. The number of hydrogen-bond donors (Lipinski definition) is 2. The van der Waals surface area contributed by atoms with Crippen molar-refractivity contribution in [2.75, 3.05) is 63.1 Å². The molecule has 1 heterocycles. The van der Waals surface area contributed by atoms with Crippen molar-refractivity contribution in [3.8, 4) is 23.0 Å². The number of nitrogen functional groups attached to an aromatic ring is 1. The smallest absolute Gasteiger partial charge is 0.127 e. The van der Waals surface area contributed by atoms with E-state index in [1.54, 1.807) is 0 Å². The van der Waals surface area contributed by atoms with Crippen LogP contribution in [-0.2, 0) is 6.54 Å². The van der Waals surface area contributed by atoms with E-state index in [1.165, 1.54) is 0 Å². The molecule has 4 rings (SSSR count). The van der Waals surface area contributed by atoms with Gasteiger partial charge in [-0.3, -0.25) is 4.90 Å². The number of nitrogens with zero attached hydrogens (tertiary/aromatic N) is 2. The van der Waals surface area contributed by atoms with Crippen LogP contribution >= 0.6 is 0 Å². The average Bonchev–Trinajstić information content (AvgIpc) is 2.98. The molecule has 0 atom stereocenters. The predicted molar refractivity (Wildman–Crippen MR) is 165 cm³/mol. The van der Waals surface area contributed by atoms with Crippen molar-refractivity contribution >= 4 is 11.4 Å². The first-order valence-electron chi connectivity index (χ1n) is 14.8. The number of nitrogens with two attached hydrogens (primary N) is 1. The average molecular weight is 547 g/mol. The first-order valence-corrected chi connectivity index (χ1v) is 14.8. The van der Waals surface area contributed by atoms with Crippen LogP contribution in [0.15, 0.2) is 66.7 Å². The van der Waals surface area contributed by atoms with Gasteiger partial charge in [0.1, 0.15) is 29.6 Å². The maximum atomic E-state index is 6.50. The molecule has 0 unspecified atom stereocenters. The first kappa shape index (κ1) is 29.6. The highest BCUT2D eigenvalue weighted by Gasteiger charge is 2.14. The standard InChI is InChI=1S/C33H46N4O3/c1-3-5-18-37(33-25-30(14-15-32(33)34)39-23-21-36-19-16-35-17-20-36)26-27-8-7-9-31(24-27)40-29-12-10-28(11-13-29)38-22-6-4-2/h7-15,24-25,35H,3-6,16-23,26,34H2,1-2H3. The van der Waals surface area contributed by atoms with E-state index in [2.05, 4.69) is 47.2 Å². The molecule has 40 heavy (non-hydrogen) atoms. The largest absolute Gasteiger partial charge is 0.494 e. The van der Waals surface area contributed by atoms with Gasteiger partial charge >= 0.3 is 0 Å². The minimum Gasteiger partial charge on any atom is -0.494 e. The van der Waals surface area contributed by atoms with Gasteiger partial charge in [-0.25, -0.2) is 0 Å². The molecule has 0 saturated carbocycles. The number of ether oxygens (including phenoxy) is 3. The van der Waals surface area contributed by atoms with Crippen LogP contribution in [0.3, 0.4) is 0 Å². The van der Waals surface area contributed by atoms with Crippen molar-refractivity contribution in [1.29, 1.82) is 0 Å². The molecular formula is C33H46N4O3.